The highest BCUT2D eigenvalue weighted by Gasteiger charge is 2.04. The smallest absolute Gasteiger partial charge is 0.174 e. The van der Waals surface area contributed by atoms with E-state index in [2.05, 4.69) is 12.2 Å². The first-order valence-corrected chi connectivity index (χ1v) is 7.16. The zero-order valence-electron chi connectivity index (χ0n) is 11.8. The molecule has 2 aromatic rings. The van der Waals surface area contributed by atoms with E-state index in [0.29, 0.717) is 11.8 Å². The van der Waals surface area contributed by atoms with E-state index in [4.69, 9.17) is 21.6 Å². The fourth-order valence-corrected chi connectivity index (χ4v) is 2.20. The number of nitriles is 1. The number of anilines is 1. The molecule has 3 nitrogen and oxygen atoms in total. The van der Waals surface area contributed by atoms with Gasteiger partial charge >= 0.3 is 0 Å². The summed E-state index contributed by atoms with van der Waals surface area (Å²) in [5.41, 5.74) is 2.27. The van der Waals surface area contributed by atoms with E-state index in [1.54, 1.807) is 0 Å². The second-order valence-corrected chi connectivity index (χ2v) is 5.28. The Morgan fingerprint density at radius 1 is 1.14 bits per heavy atom. The zero-order valence-corrected chi connectivity index (χ0v) is 12.6. The lowest BCUT2D eigenvalue weighted by molar-refractivity contribution is 0.368. The average molecular weight is 301 g/mol. The minimum atomic E-state index is 0.0692. The van der Waals surface area contributed by atoms with Crippen LogP contribution >= 0.6 is 11.6 Å². The lowest BCUT2D eigenvalue weighted by Crippen LogP contribution is -2.17. The van der Waals surface area contributed by atoms with Crippen molar-refractivity contribution in [2.24, 2.45) is 0 Å². The summed E-state index contributed by atoms with van der Waals surface area (Å²) in [5, 5.41) is 12.7. The molecule has 0 fully saturated rings. The normalized spacial score (nSPS) is 11.5. The first-order chi connectivity index (χ1) is 10.2. The van der Waals surface area contributed by atoms with Gasteiger partial charge in [0.15, 0.2) is 6.61 Å². The van der Waals surface area contributed by atoms with Crippen LogP contribution in [-0.2, 0) is 6.42 Å². The molecule has 0 aliphatic carbocycles. The maximum Gasteiger partial charge on any atom is 0.174 e. The van der Waals surface area contributed by atoms with E-state index in [1.165, 1.54) is 5.56 Å². The SMILES string of the molecule is CC(Cc1ccc(Cl)cc1)Nc1ccc(OCC#N)cc1. The van der Waals surface area contributed by atoms with Gasteiger partial charge in [0.25, 0.3) is 0 Å². The van der Waals surface area contributed by atoms with E-state index in [1.807, 2.05) is 54.6 Å². The summed E-state index contributed by atoms with van der Waals surface area (Å²) in [6.45, 7) is 2.20. The number of hydrogen-bond acceptors (Lipinski definition) is 3. The van der Waals surface area contributed by atoms with Crippen molar-refractivity contribution in [3.05, 3.63) is 59.1 Å². The molecule has 108 valence electrons. The predicted molar refractivity (Wildman–Crippen MR) is 85.8 cm³/mol. The summed E-state index contributed by atoms with van der Waals surface area (Å²) in [4.78, 5) is 0. The fraction of sp³-hybridized carbons (Fsp3) is 0.235. The molecule has 0 bridgehead atoms. The summed E-state index contributed by atoms with van der Waals surface area (Å²) in [6, 6.07) is 17.8. The fourth-order valence-electron chi connectivity index (χ4n) is 2.07. The van der Waals surface area contributed by atoms with Gasteiger partial charge in [-0.05, 0) is 55.3 Å². The van der Waals surface area contributed by atoms with Crippen LogP contribution in [0.25, 0.3) is 0 Å². The van der Waals surface area contributed by atoms with Crippen LogP contribution in [0.2, 0.25) is 5.02 Å². The Morgan fingerprint density at radius 3 is 2.43 bits per heavy atom. The van der Waals surface area contributed by atoms with Gasteiger partial charge in [0, 0.05) is 16.8 Å². The molecule has 0 aliphatic heterocycles. The Kier molecular flexibility index (Phi) is 5.48. The predicted octanol–water partition coefficient (Wildman–Crippen LogP) is 4.29. The highest BCUT2D eigenvalue weighted by molar-refractivity contribution is 6.30. The Labute approximate surface area is 130 Å². The third-order valence-electron chi connectivity index (χ3n) is 3.03. The van der Waals surface area contributed by atoms with Crippen LogP contribution in [0.15, 0.2) is 48.5 Å². The number of ether oxygens (including phenoxy) is 1. The van der Waals surface area contributed by atoms with Crippen LogP contribution in [0.3, 0.4) is 0 Å². The molecule has 0 radical (unpaired) electrons. The molecule has 2 rings (SSSR count). The van der Waals surface area contributed by atoms with Crippen LogP contribution in [0, 0.1) is 11.3 Å². The molecule has 0 saturated carbocycles. The quantitative estimate of drug-likeness (QED) is 0.866. The van der Waals surface area contributed by atoms with Gasteiger partial charge in [-0.25, -0.2) is 0 Å². The van der Waals surface area contributed by atoms with E-state index in [0.717, 1.165) is 17.1 Å². The van der Waals surface area contributed by atoms with E-state index >= 15 is 0 Å². The van der Waals surface area contributed by atoms with Crippen LogP contribution in [0.4, 0.5) is 5.69 Å². The van der Waals surface area contributed by atoms with E-state index in [-0.39, 0.29) is 6.61 Å². The number of benzene rings is 2. The molecule has 1 atom stereocenters. The molecule has 21 heavy (non-hydrogen) atoms. The molecule has 0 heterocycles. The number of hydrogen-bond donors (Lipinski definition) is 1. The van der Waals surface area contributed by atoms with Gasteiger partial charge in [0.2, 0.25) is 0 Å². The van der Waals surface area contributed by atoms with Crippen LogP contribution in [0.1, 0.15) is 12.5 Å². The van der Waals surface area contributed by atoms with E-state index in [9.17, 15) is 0 Å². The average Bonchev–Trinajstić information content (AvgIpc) is 2.49. The molecule has 1 N–H and O–H groups in total. The summed E-state index contributed by atoms with van der Waals surface area (Å²) in [6.07, 6.45) is 0.920. The minimum absolute atomic E-state index is 0.0692. The molecular formula is C17H17ClN2O. The van der Waals surface area contributed by atoms with Gasteiger partial charge in [-0.3, -0.25) is 0 Å². The van der Waals surface area contributed by atoms with Crippen molar-refractivity contribution in [2.75, 3.05) is 11.9 Å². The topological polar surface area (TPSA) is 45.0 Å². The Balaban J connectivity index is 1.88. The second-order valence-electron chi connectivity index (χ2n) is 4.85. The van der Waals surface area contributed by atoms with Gasteiger partial charge in [0.1, 0.15) is 11.8 Å². The zero-order chi connectivity index (χ0) is 15.1. The van der Waals surface area contributed by atoms with Gasteiger partial charge in [-0.1, -0.05) is 23.7 Å². The number of nitrogens with one attached hydrogen (secondary N) is 1. The lowest BCUT2D eigenvalue weighted by Gasteiger charge is -2.15. The Morgan fingerprint density at radius 2 is 1.81 bits per heavy atom. The largest absolute Gasteiger partial charge is 0.479 e. The maximum atomic E-state index is 8.46. The third kappa shape index (κ3) is 5.02. The van der Waals surface area contributed by atoms with Crippen molar-refractivity contribution in [3.63, 3.8) is 0 Å². The molecule has 2 aromatic carbocycles. The molecule has 0 aromatic heterocycles. The summed E-state index contributed by atoms with van der Waals surface area (Å²) in [7, 11) is 0. The van der Waals surface area contributed by atoms with Crippen molar-refractivity contribution in [1.29, 1.82) is 5.26 Å². The molecule has 0 aliphatic rings. The lowest BCUT2D eigenvalue weighted by atomic mass is 10.1. The van der Waals surface area contributed by atoms with Crippen LogP contribution < -0.4 is 10.1 Å². The Bertz CT molecular complexity index is 602. The summed E-state index contributed by atoms with van der Waals surface area (Å²) in [5.74, 6) is 0.701. The first kappa shape index (κ1) is 15.2. The Hall–Kier alpha value is -2.18. The highest BCUT2D eigenvalue weighted by atomic mass is 35.5. The molecular weight excluding hydrogens is 284 g/mol. The van der Waals surface area contributed by atoms with Crippen molar-refractivity contribution in [3.8, 4) is 11.8 Å². The van der Waals surface area contributed by atoms with Crippen molar-refractivity contribution in [2.45, 2.75) is 19.4 Å². The summed E-state index contributed by atoms with van der Waals surface area (Å²) < 4.78 is 5.22. The van der Waals surface area contributed by atoms with Gasteiger partial charge in [0.05, 0.1) is 0 Å². The molecule has 4 heteroatoms. The van der Waals surface area contributed by atoms with Crippen molar-refractivity contribution in [1.82, 2.24) is 0 Å². The third-order valence-corrected chi connectivity index (χ3v) is 3.28. The molecule has 0 amide bonds. The monoisotopic (exact) mass is 300 g/mol. The standard InChI is InChI=1S/C17H17ClN2O/c1-13(12-14-2-4-15(18)5-3-14)20-16-6-8-17(9-7-16)21-11-10-19/h2-9,13,20H,11-12H2,1H3. The van der Waals surface area contributed by atoms with Crippen molar-refractivity contribution < 1.29 is 4.74 Å². The highest BCUT2D eigenvalue weighted by Crippen LogP contribution is 2.17. The maximum absolute atomic E-state index is 8.46. The molecule has 1 unspecified atom stereocenters. The second kappa shape index (κ2) is 7.56. The number of nitrogens with zero attached hydrogens (tertiary/aromatic N) is 1. The number of halogens is 1. The minimum Gasteiger partial charge on any atom is -0.479 e. The molecule has 0 spiro atoms. The van der Waals surface area contributed by atoms with E-state index < -0.39 is 0 Å². The van der Waals surface area contributed by atoms with Crippen LogP contribution in [0.5, 0.6) is 5.75 Å². The van der Waals surface area contributed by atoms with Gasteiger partial charge in [-0.2, -0.15) is 5.26 Å². The molecule has 0 saturated heterocycles. The first-order valence-electron chi connectivity index (χ1n) is 6.78. The van der Waals surface area contributed by atoms with Gasteiger partial charge in [-0.15, -0.1) is 0 Å². The van der Waals surface area contributed by atoms with Gasteiger partial charge < -0.3 is 10.1 Å². The van der Waals surface area contributed by atoms with Crippen molar-refractivity contribution >= 4 is 17.3 Å². The summed E-state index contributed by atoms with van der Waals surface area (Å²) >= 11 is 5.88. The van der Waals surface area contributed by atoms with Crippen LogP contribution in [-0.4, -0.2) is 12.6 Å². The number of rotatable bonds is 6.